The number of nitrogens with one attached hydrogen (secondary N) is 1. The van der Waals surface area contributed by atoms with E-state index in [0.29, 0.717) is 17.5 Å². The Kier molecular flexibility index (Phi) is 4.81. The molecule has 1 aromatic rings. The quantitative estimate of drug-likeness (QED) is 0.543. The van der Waals surface area contributed by atoms with E-state index in [4.69, 9.17) is 16.2 Å². The van der Waals surface area contributed by atoms with Crippen LogP contribution in [0.25, 0.3) is 0 Å². The second kappa shape index (κ2) is 5.36. The van der Waals surface area contributed by atoms with Gasteiger partial charge in [-0.05, 0) is 24.1 Å². The highest BCUT2D eigenvalue weighted by atomic mass is 35.5. The van der Waals surface area contributed by atoms with Crippen molar-refractivity contribution in [1.29, 1.82) is 5.41 Å². The van der Waals surface area contributed by atoms with Crippen LogP contribution in [0.4, 0.5) is 0 Å². The highest BCUT2D eigenvalue weighted by molar-refractivity contribution is 5.97. The van der Waals surface area contributed by atoms with Gasteiger partial charge in [-0.15, -0.1) is 12.4 Å². The van der Waals surface area contributed by atoms with Crippen LogP contribution in [0.2, 0.25) is 0 Å². The van der Waals surface area contributed by atoms with Crippen molar-refractivity contribution in [3.8, 4) is 0 Å². The number of nitrogens with two attached hydrogens (primary N) is 1. The molecule has 1 rings (SSSR count). The Morgan fingerprint density at radius 3 is 2.53 bits per heavy atom. The fourth-order valence-electron chi connectivity index (χ4n) is 1.26. The van der Waals surface area contributed by atoms with Crippen LogP contribution in [-0.2, 0) is 6.42 Å². The second-order valence-corrected chi connectivity index (χ2v) is 2.94. The van der Waals surface area contributed by atoms with Crippen LogP contribution in [-0.4, -0.2) is 16.9 Å². The zero-order chi connectivity index (χ0) is 10.7. The molecule has 0 aliphatic rings. The number of halogens is 1. The Labute approximate surface area is 94.0 Å². The minimum absolute atomic E-state index is 0. The van der Waals surface area contributed by atoms with Crippen molar-refractivity contribution in [3.05, 3.63) is 34.9 Å². The molecule has 5 heteroatoms. The SMILES string of the molecule is CCc1cc(C(=N)N)ccc1C(=O)O.Cl. The van der Waals surface area contributed by atoms with Gasteiger partial charge >= 0.3 is 5.97 Å². The molecule has 0 spiro atoms. The molecule has 0 bridgehead atoms. The first-order chi connectivity index (χ1) is 6.56. The molecule has 0 amide bonds. The van der Waals surface area contributed by atoms with Gasteiger partial charge in [-0.2, -0.15) is 0 Å². The van der Waals surface area contributed by atoms with Crippen LogP contribution in [0.1, 0.15) is 28.4 Å². The summed E-state index contributed by atoms with van der Waals surface area (Å²) in [6.07, 6.45) is 0.614. The minimum Gasteiger partial charge on any atom is -0.478 e. The summed E-state index contributed by atoms with van der Waals surface area (Å²) >= 11 is 0. The van der Waals surface area contributed by atoms with Gasteiger partial charge in [0.2, 0.25) is 0 Å². The molecule has 82 valence electrons. The third-order valence-electron chi connectivity index (χ3n) is 2.03. The number of rotatable bonds is 3. The Bertz CT molecular complexity index is 391. The van der Waals surface area contributed by atoms with Crippen molar-refractivity contribution in [3.63, 3.8) is 0 Å². The first kappa shape index (κ1) is 13.5. The van der Waals surface area contributed by atoms with Gasteiger partial charge in [-0.25, -0.2) is 4.79 Å². The first-order valence-electron chi connectivity index (χ1n) is 4.27. The van der Waals surface area contributed by atoms with Crippen molar-refractivity contribution in [2.75, 3.05) is 0 Å². The lowest BCUT2D eigenvalue weighted by Gasteiger charge is -2.05. The van der Waals surface area contributed by atoms with Crippen molar-refractivity contribution in [2.24, 2.45) is 5.73 Å². The number of carboxylic acids is 1. The number of carbonyl (C=O) groups is 1. The number of nitrogen functional groups attached to an aromatic ring is 1. The van der Waals surface area contributed by atoms with E-state index in [0.717, 1.165) is 0 Å². The number of aryl methyl sites for hydroxylation is 1. The molecule has 0 atom stereocenters. The molecule has 0 saturated carbocycles. The van der Waals surface area contributed by atoms with Crippen LogP contribution in [0.3, 0.4) is 0 Å². The zero-order valence-electron chi connectivity index (χ0n) is 8.28. The number of carboxylic acid groups (broad SMARTS) is 1. The largest absolute Gasteiger partial charge is 0.478 e. The number of hydrogen-bond donors (Lipinski definition) is 3. The van der Waals surface area contributed by atoms with Gasteiger partial charge < -0.3 is 10.8 Å². The fourth-order valence-corrected chi connectivity index (χ4v) is 1.26. The van der Waals surface area contributed by atoms with E-state index in [9.17, 15) is 4.79 Å². The van der Waals surface area contributed by atoms with E-state index < -0.39 is 5.97 Å². The van der Waals surface area contributed by atoms with E-state index in [1.807, 2.05) is 6.92 Å². The number of amidine groups is 1. The molecule has 0 unspecified atom stereocenters. The molecule has 0 aliphatic carbocycles. The van der Waals surface area contributed by atoms with Gasteiger partial charge in [-0.3, -0.25) is 5.41 Å². The summed E-state index contributed by atoms with van der Waals surface area (Å²) in [6, 6.07) is 4.68. The summed E-state index contributed by atoms with van der Waals surface area (Å²) < 4.78 is 0. The Morgan fingerprint density at radius 1 is 1.53 bits per heavy atom. The number of benzene rings is 1. The predicted molar refractivity (Wildman–Crippen MR) is 61.0 cm³/mol. The third-order valence-corrected chi connectivity index (χ3v) is 2.03. The first-order valence-corrected chi connectivity index (χ1v) is 4.27. The highest BCUT2D eigenvalue weighted by Crippen LogP contribution is 2.12. The molecule has 1 aromatic carbocycles. The predicted octanol–water partition coefficient (Wildman–Crippen LogP) is 1.65. The smallest absolute Gasteiger partial charge is 0.335 e. The summed E-state index contributed by atoms with van der Waals surface area (Å²) in [4.78, 5) is 10.8. The molecule has 15 heavy (non-hydrogen) atoms. The van der Waals surface area contributed by atoms with Crippen LogP contribution in [0, 0.1) is 5.41 Å². The van der Waals surface area contributed by atoms with Crippen molar-refractivity contribution in [1.82, 2.24) is 0 Å². The maximum absolute atomic E-state index is 10.8. The minimum atomic E-state index is -0.947. The standard InChI is InChI=1S/C10H12N2O2.ClH/c1-2-6-5-7(9(11)12)3-4-8(6)10(13)14;/h3-5H,2H2,1H3,(H3,11,12)(H,13,14);1H. The lowest BCUT2D eigenvalue weighted by Crippen LogP contribution is -2.12. The van der Waals surface area contributed by atoms with Gasteiger partial charge in [0.15, 0.2) is 0 Å². The highest BCUT2D eigenvalue weighted by Gasteiger charge is 2.09. The Balaban J connectivity index is 0.00000196. The van der Waals surface area contributed by atoms with Crippen molar-refractivity contribution in [2.45, 2.75) is 13.3 Å². The number of aromatic carboxylic acids is 1. The fraction of sp³-hybridized carbons (Fsp3) is 0.200. The number of hydrogen-bond acceptors (Lipinski definition) is 2. The monoisotopic (exact) mass is 228 g/mol. The Hall–Kier alpha value is -1.55. The lowest BCUT2D eigenvalue weighted by atomic mass is 10.0. The van der Waals surface area contributed by atoms with Gasteiger partial charge in [0.25, 0.3) is 0 Å². The third kappa shape index (κ3) is 2.95. The normalized spacial score (nSPS) is 9.13. The van der Waals surface area contributed by atoms with E-state index in [1.165, 1.54) is 6.07 Å². The maximum Gasteiger partial charge on any atom is 0.335 e. The molecule has 0 fully saturated rings. The van der Waals surface area contributed by atoms with Crippen molar-refractivity contribution < 1.29 is 9.90 Å². The molecule has 0 radical (unpaired) electrons. The van der Waals surface area contributed by atoms with Gasteiger partial charge in [-0.1, -0.05) is 13.0 Å². The van der Waals surface area contributed by atoms with Crippen molar-refractivity contribution >= 4 is 24.2 Å². The van der Waals surface area contributed by atoms with E-state index in [-0.39, 0.29) is 23.8 Å². The van der Waals surface area contributed by atoms with E-state index >= 15 is 0 Å². The maximum atomic E-state index is 10.8. The molecule has 0 aliphatic heterocycles. The molecule has 4 nitrogen and oxygen atoms in total. The van der Waals surface area contributed by atoms with Gasteiger partial charge in [0.05, 0.1) is 5.56 Å². The summed E-state index contributed by atoms with van der Waals surface area (Å²) in [6.45, 7) is 1.87. The summed E-state index contributed by atoms with van der Waals surface area (Å²) in [5.74, 6) is -0.992. The molecular weight excluding hydrogens is 216 g/mol. The average molecular weight is 229 g/mol. The summed E-state index contributed by atoms with van der Waals surface area (Å²) in [5.41, 5.74) is 6.84. The van der Waals surface area contributed by atoms with Crippen LogP contribution < -0.4 is 5.73 Å². The van der Waals surface area contributed by atoms with Crippen LogP contribution >= 0.6 is 12.4 Å². The molecule has 0 heterocycles. The summed E-state index contributed by atoms with van der Waals surface area (Å²) in [7, 11) is 0. The van der Waals surface area contributed by atoms with Gasteiger partial charge in [0, 0.05) is 5.56 Å². The lowest BCUT2D eigenvalue weighted by molar-refractivity contribution is 0.0695. The summed E-state index contributed by atoms with van der Waals surface area (Å²) in [5, 5.41) is 16.1. The Morgan fingerprint density at radius 2 is 2.13 bits per heavy atom. The average Bonchev–Trinajstić information content (AvgIpc) is 2.16. The molecule has 0 aromatic heterocycles. The second-order valence-electron chi connectivity index (χ2n) is 2.94. The zero-order valence-corrected chi connectivity index (χ0v) is 9.10. The molecule has 0 saturated heterocycles. The van der Waals surface area contributed by atoms with E-state index in [1.54, 1.807) is 12.1 Å². The van der Waals surface area contributed by atoms with Gasteiger partial charge in [0.1, 0.15) is 5.84 Å². The topological polar surface area (TPSA) is 87.2 Å². The van der Waals surface area contributed by atoms with E-state index in [2.05, 4.69) is 0 Å². The van der Waals surface area contributed by atoms with Crippen LogP contribution in [0.5, 0.6) is 0 Å². The van der Waals surface area contributed by atoms with Crippen LogP contribution in [0.15, 0.2) is 18.2 Å². The molecular formula is C10H13ClN2O2. The molecule has 4 N–H and O–H groups in total.